The normalized spacial score (nSPS) is 16.7. The molecule has 2 N–H and O–H groups in total. The second kappa shape index (κ2) is 9.07. The van der Waals surface area contributed by atoms with E-state index in [1.807, 2.05) is 32.0 Å². The van der Waals surface area contributed by atoms with Crippen molar-refractivity contribution in [1.29, 1.82) is 0 Å². The molecular formula is C22H27N3O6S. The second-order valence-electron chi connectivity index (χ2n) is 8.14. The van der Waals surface area contributed by atoms with Crippen LogP contribution in [0.4, 0.5) is 5.69 Å². The highest BCUT2D eigenvalue weighted by Crippen LogP contribution is 2.35. The number of hydrogen-bond acceptors (Lipinski definition) is 7. The highest BCUT2D eigenvalue weighted by molar-refractivity contribution is 7.89. The number of morpholine rings is 1. The third-order valence-corrected chi connectivity index (χ3v) is 7.44. The fourth-order valence-electron chi connectivity index (χ4n) is 3.54. The molecule has 0 spiro atoms. The third-order valence-electron chi connectivity index (χ3n) is 5.53. The van der Waals surface area contributed by atoms with Crippen LogP contribution >= 0.6 is 0 Å². The molecule has 2 aromatic rings. The summed E-state index contributed by atoms with van der Waals surface area (Å²) < 4.78 is 42.8. The Kier molecular flexibility index (Phi) is 6.38. The average molecular weight is 462 g/mol. The number of anilines is 1. The van der Waals surface area contributed by atoms with E-state index in [0.29, 0.717) is 43.5 Å². The molecule has 0 atom stereocenters. The molecule has 2 aromatic carbocycles. The van der Waals surface area contributed by atoms with E-state index < -0.39 is 15.6 Å². The molecule has 0 aromatic heterocycles. The summed E-state index contributed by atoms with van der Waals surface area (Å²) in [6.07, 6.45) is 0. The van der Waals surface area contributed by atoms with Crippen molar-refractivity contribution < 1.29 is 27.4 Å². The molecule has 1 fully saturated rings. The van der Waals surface area contributed by atoms with Gasteiger partial charge >= 0.3 is 0 Å². The zero-order valence-electron chi connectivity index (χ0n) is 18.1. The summed E-state index contributed by atoms with van der Waals surface area (Å²) in [5.74, 6) is 1.16. The van der Waals surface area contributed by atoms with Gasteiger partial charge in [0.2, 0.25) is 22.7 Å². The van der Waals surface area contributed by atoms with Crippen LogP contribution in [0.2, 0.25) is 0 Å². The number of carbonyl (C=O) groups excluding carboxylic acids is 1. The van der Waals surface area contributed by atoms with E-state index in [-0.39, 0.29) is 24.1 Å². The van der Waals surface area contributed by atoms with Gasteiger partial charge in [0, 0.05) is 24.3 Å². The van der Waals surface area contributed by atoms with E-state index in [1.165, 1.54) is 16.4 Å². The van der Waals surface area contributed by atoms with E-state index in [9.17, 15) is 13.2 Å². The lowest BCUT2D eigenvalue weighted by Crippen LogP contribution is -2.41. The standard InChI is InChI=1S/C22H27N3O6S/c1-22(2,16-3-8-19-20(13-16)31-15-30-19)23-14-21(26)24-17-4-6-18(7-5-17)32(27,28)25-9-11-29-12-10-25/h3-8,13,23H,9-12,14-15H2,1-2H3,(H,24,26). The summed E-state index contributed by atoms with van der Waals surface area (Å²) in [6, 6.07) is 11.9. The Morgan fingerprint density at radius 3 is 2.44 bits per heavy atom. The molecule has 1 amide bonds. The summed E-state index contributed by atoms with van der Waals surface area (Å²) in [7, 11) is -3.56. The van der Waals surface area contributed by atoms with E-state index in [0.717, 1.165) is 5.56 Å². The van der Waals surface area contributed by atoms with Crippen molar-refractivity contribution in [3.63, 3.8) is 0 Å². The summed E-state index contributed by atoms with van der Waals surface area (Å²) in [5, 5.41) is 6.03. The minimum Gasteiger partial charge on any atom is -0.454 e. The van der Waals surface area contributed by atoms with Crippen molar-refractivity contribution in [3.8, 4) is 11.5 Å². The number of fused-ring (bicyclic) bond motifs is 1. The molecule has 0 aliphatic carbocycles. The monoisotopic (exact) mass is 461 g/mol. The molecule has 32 heavy (non-hydrogen) atoms. The van der Waals surface area contributed by atoms with Gasteiger partial charge in [-0.25, -0.2) is 8.42 Å². The lowest BCUT2D eigenvalue weighted by atomic mass is 9.94. The molecule has 9 nitrogen and oxygen atoms in total. The summed E-state index contributed by atoms with van der Waals surface area (Å²) in [6.45, 7) is 5.70. The van der Waals surface area contributed by atoms with Crippen LogP contribution in [0.3, 0.4) is 0 Å². The van der Waals surface area contributed by atoms with Gasteiger partial charge in [-0.1, -0.05) is 6.07 Å². The minimum absolute atomic E-state index is 0.0786. The predicted molar refractivity (Wildman–Crippen MR) is 118 cm³/mol. The number of sulfonamides is 1. The van der Waals surface area contributed by atoms with Crippen LogP contribution in [-0.2, 0) is 25.1 Å². The van der Waals surface area contributed by atoms with Gasteiger partial charge in [-0.2, -0.15) is 4.31 Å². The molecule has 0 unspecified atom stereocenters. The highest BCUT2D eigenvalue weighted by Gasteiger charge is 2.27. The Labute approximate surface area is 187 Å². The van der Waals surface area contributed by atoms with Gasteiger partial charge in [0.15, 0.2) is 11.5 Å². The number of carbonyl (C=O) groups is 1. The van der Waals surface area contributed by atoms with E-state index >= 15 is 0 Å². The fourth-order valence-corrected chi connectivity index (χ4v) is 4.95. The molecular weight excluding hydrogens is 434 g/mol. The Morgan fingerprint density at radius 1 is 1.03 bits per heavy atom. The molecule has 2 aliphatic heterocycles. The number of rotatable bonds is 7. The quantitative estimate of drug-likeness (QED) is 0.649. The zero-order valence-corrected chi connectivity index (χ0v) is 18.9. The minimum atomic E-state index is -3.56. The Morgan fingerprint density at radius 2 is 1.72 bits per heavy atom. The van der Waals surface area contributed by atoms with Crippen LogP contribution < -0.4 is 20.1 Å². The van der Waals surface area contributed by atoms with Gasteiger partial charge in [-0.15, -0.1) is 0 Å². The lowest BCUT2D eigenvalue weighted by Gasteiger charge is -2.27. The Balaban J connectivity index is 1.34. The van der Waals surface area contributed by atoms with Crippen LogP contribution in [-0.4, -0.2) is 58.3 Å². The maximum absolute atomic E-state index is 12.7. The fraction of sp³-hybridized carbons (Fsp3) is 0.409. The van der Waals surface area contributed by atoms with Crippen LogP contribution in [0, 0.1) is 0 Å². The molecule has 0 bridgehead atoms. The van der Waals surface area contributed by atoms with Crippen molar-refractivity contribution in [2.24, 2.45) is 0 Å². The van der Waals surface area contributed by atoms with Gasteiger partial charge in [0.1, 0.15) is 0 Å². The van der Waals surface area contributed by atoms with Crippen molar-refractivity contribution in [2.75, 3.05) is 45.0 Å². The number of amides is 1. The number of nitrogens with one attached hydrogen (secondary N) is 2. The number of nitrogens with zero attached hydrogens (tertiary/aromatic N) is 1. The second-order valence-corrected chi connectivity index (χ2v) is 10.1. The molecule has 0 saturated carbocycles. The highest BCUT2D eigenvalue weighted by atomic mass is 32.2. The summed E-state index contributed by atoms with van der Waals surface area (Å²) >= 11 is 0. The molecule has 0 radical (unpaired) electrons. The van der Waals surface area contributed by atoms with Crippen molar-refractivity contribution in [3.05, 3.63) is 48.0 Å². The van der Waals surface area contributed by atoms with Crippen LogP contribution in [0.25, 0.3) is 0 Å². The van der Waals surface area contributed by atoms with E-state index in [1.54, 1.807) is 12.1 Å². The third kappa shape index (κ3) is 4.88. The van der Waals surface area contributed by atoms with Crippen molar-refractivity contribution in [1.82, 2.24) is 9.62 Å². The molecule has 172 valence electrons. The topological polar surface area (TPSA) is 106 Å². The van der Waals surface area contributed by atoms with Gasteiger partial charge < -0.3 is 19.5 Å². The van der Waals surface area contributed by atoms with Gasteiger partial charge in [-0.05, 0) is 55.8 Å². The van der Waals surface area contributed by atoms with Crippen LogP contribution in [0.1, 0.15) is 19.4 Å². The molecule has 2 heterocycles. The number of hydrogen-bond donors (Lipinski definition) is 2. The molecule has 1 saturated heterocycles. The van der Waals surface area contributed by atoms with Crippen molar-refractivity contribution >= 4 is 21.6 Å². The maximum atomic E-state index is 12.7. The molecule has 10 heteroatoms. The number of benzene rings is 2. The molecule has 4 rings (SSSR count). The summed E-state index contributed by atoms with van der Waals surface area (Å²) in [4.78, 5) is 12.6. The average Bonchev–Trinajstić information content (AvgIpc) is 3.27. The number of ether oxygens (including phenoxy) is 3. The lowest BCUT2D eigenvalue weighted by molar-refractivity contribution is -0.115. The van der Waals surface area contributed by atoms with Gasteiger partial charge in [-0.3, -0.25) is 10.1 Å². The Bertz CT molecular complexity index is 1080. The van der Waals surface area contributed by atoms with Crippen LogP contribution in [0.5, 0.6) is 11.5 Å². The van der Waals surface area contributed by atoms with Gasteiger partial charge in [0.25, 0.3) is 0 Å². The largest absolute Gasteiger partial charge is 0.454 e. The maximum Gasteiger partial charge on any atom is 0.243 e. The summed E-state index contributed by atoms with van der Waals surface area (Å²) in [5.41, 5.74) is 1.01. The Hall–Kier alpha value is -2.66. The first-order chi connectivity index (χ1) is 15.3. The first-order valence-electron chi connectivity index (χ1n) is 10.4. The van der Waals surface area contributed by atoms with E-state index in [4.69, 9.17) is 14.2 Å². The smallest absolute Gasteiger partial charge is 0.243 e. The molecule has 2 aliphatic rings. The predicted octanol–water partition coefficient (Wildman–Crippen LogP) is 1.90. The SMILES string of the molecule is CC(C)(NCC(=O)Nc1ccc(S(=O)(=O)N2CCOCC2)cc1)c1ccc2c(c1)OCO2. The van der Waals surface area contributed by atoms with Gasteiger partial charge in [0.05, 0.1) is 24.7 Å². The first-order valence-corrected chi connectivity index (χ1v) is 11.8. The van der Waals surface area contributed by atoms with Crippen molar-refractivity contribution in [2.45, 2.75) is 24.3 Å². The first kappa shape index (κ1) is 22.5. The van der Waals surface area contributed by atoms with E-state index in [2.05, 4.69) is 10.6 Å². The van der Waals surface area contributed by atoms with Crippen LogP contribution in [0.15, 0.2) is 47.4 Å². The zero-order chi connectivity index (χ0) is 22.8.